The van der Waals surface area contributed by atoms with Crippen molar-refractivity contribution in [2.75, 3.05) is 6.54 Å². The second-order valence-corrected chi connectivity index (χ2v) is 8.48. The molecule has 3 rings (SSSR count). The van der Waals surface area contributed by atoms with E-state index in [1.807, 2.05) is 26.0 Å². The molecule has 1 aliphatic carbocycles. The summed E-state index contributed by atoms with van der Waals surface area (Å²) in [6.07, 6.45) is 13.5. The predicted molar refractivity (Wildman–Crippen MR) is 120 cm³/mol. The Morgan fingerprint density at radius 1 is 1.10 bits per heavy atom. The van der Waals surface area contributed by atoms with Gasteiger partial charge < -0.3 is 15.2 Å². The van der Waals surface area contributed by atoms with Crippen LogP contribution in [0.4, 0.5) is 0 Å². The number of nitrogens with one attached hydrogen (secondary N) is 2. The van der Waals surface area contributed by atoms with Gasteiger partial charge in [0.15, 0.2) is 0 Å². The summed E-state index contributed by atoms with van der Waals surface area (Å²) in [5, 5.41) is 5.82. The van der Waals surface area contributed by atoms with Crippen LogP contribution >= 0.6 is 0 Å². The van der Waals surface area contributed by atoms with Crippen LogP contribution in [0, 0.1) is 0 Å². The number of amides is 2. The maximum absolute atomic E-state index is 13.0. The molecular formula is C24H32N4O3. The van der Waals surface area contributed by atoms with Crippen LogP contribution in [0.2, 0.25) is 0 Å². The Hall–Kier alpha value is -2.96. The monoisotopic (exact) mass is 424 g/mol. The van der Waals surface area contributed by atoms with Gasteiger partial charge in [-0.05, 0) is 44.7 Å². The maximum Gasteiger partial charge on any atom is 0.256 e. The number of carbonyl (C=O) groups is 2. The Morgan fingerprint density at radius 2 is 1.77 bits per heavy atom. The molecule has 7 nitrogen and oxygen atoms in total. The molecule has 31 heavy (non-hydrogen) atoms. The third-order valence-electron chi connectivity index (χ3n) is 5.74. The highest BCUT2D eigenvalue weighted by Gasteiger charge is 2.22. The summed E-state index contributed by atoms with van der Waals surface area (Å²) in [6, 6.07) is 3.86. The topological polar surface area (TPSA) is 93.1 Å². The van der Waals surface area contributed by atoms with Crippen LogP contribution in [-0.4, -0.2) is 34.0 Å². The van der Waals surface area contributed by atoms with Gasteiger partial charge in [0.1, 0.15) is 11.1 Å². The summed E-state index contributed by atoms with van der Waals surface area (Å²) in [7, 11) is 0. The van der Waals surface area contributed by atoms with E-state index in [0.717, 1.165) is 31.2 Å². The van der Waals surface area contributed by atoms with Crippen molar-refractivity contribution >= 4 is 11.8 Å². The third kappa shape index (κ3) is 6.26. The van der Waals surface area contributed by atoms with Crippen LogP contribution in [0.5, 0.6) is 0 Å². The van der Waals surface area contributed by atoms with Gasteiger partial charge in [-0.1, -0.05) is 31.7 Å². The van der Waals surface area contributed by atoms with E-state index >= 15 is 0 Å². The van der Waals surface area contributed by atoms with Gasteiger partial charge in [-0.15, -0.1) is 0 Å². The average Bonchev–Trinajstić information content (AvgIpc) is 3.03. The van der Waals surface area contributed by atoms with Crippen LogP contribution in [0.25, 0.3) is 0 Å². The maximum atomic E-state index is 13.0. The highest BCUT2D eigenvalue weighted by Crippen LogP contribution is 2.17. The number of rotatable bonds is 7. The first-order valence-electron chi connectivity index (χ1n) is 11.2. The third-order valence-corrected chi connectivity index (χ3v) is 5.74. The highest BCUT2D eigenvalue weighted by atomic mass is 16.2. The van der Waals surface area contributed by atoms with Gasteiger partial charge in [-0.25, -0.2) is 0 Å². The van der Waals surface area contributed by atoms with E-state index in [-0.39, 0.29) is 23.2 Å². The molecule has 0 bridgehead atoms. The standard InChI is InChI=1S/C24H32N4O3/c1-17(2)28-15-20(23(30)26-13-11-18-8-7-12-25-14-18)22(29)21(16-28)24(31)27-19-9-5-3-4-6-10-19/h7-8,12,14-17,19H,3-6,9-11,13H2,1-2H3,(H,26,30)(H,27,31). The molecule has 0 saturated heterocycles. The number of carbonyl (C=O) groups excluding carboxylic acids is 2. The first kappa shape index (κ1) is 22.7. The molecule has 1 aliphatic rings. The Bertz CT molecular complexity index is 945. The lowest BCUT2D eigenvalue weighted by Crippen LogP contribution is -2.39. The fraction of sp³-hybridized carbons (Fsp3) is 0.500. The number of hydrogen-bond donors (Lipinski definition) is 2. The average molecular weight is 425 g/mol. The molecule has 2 aromatic rings. The minimum Gasteiger partial charge on any atom is -0.352 e. The molecule has 2 N–H and O–H groups in total. The van der Waals surface area contributed by atoms with Crippen molar-refractivity contribution in [2.24, 2.45) is 0 Å². The van der Waals surface area contributed by atoms with Crippen molar-refractivity contribution in [1.82, 2.24) is 20.2 Å². The normalized spacial score (nSPS) is 14.8. The second-order valence-electron chi connectivity index (χ2n) is 8.48. The van der Waals surface area contributed by atoms with Crippen molar-refractivity contribution in [2.45, 2.75) is 70.9 Å². The molecule has 0 atom stereocenters. The van der Waals surface area contributed by atoms with E-state index in [4.69, 9.17) is 0 Å². The smallest absolute Gasteiger partial charge is 0.256 e. The molecule has 0 aliphatic heterocycles. The van der Waals surface area contributed by atoms with Crippen molar-refractivity contribution in [1.29, 1.82) is 0 Å². The number of hydrogen-bond acceptors (Lipinski definition) is 4. The Labute approximate surface area is 183 Å². The van der Waals surface area contributed by atoms with Gasteiger partial charge in [0.2, 0.25) is 5.43 Å². The minimum absolute atomic E-state index is 0.00611. The first-order valence-corrected chi connectivity index (χ1v) is 11.2. The molecule has 7 heteroatoms. The lowest BCUT2D eigenvalue weighted by molar-refractivity contribution is 0.0931. The van der Waals surface area contributed by atoms with Gasteiger partial charge in [-0.3, -0.25) is 19.4 Å². The molecule has 1 fully saturated rings. The van der Waals surface area contributed by atoms with E-state index in [2.05, 4.69) is 15.6 Å². The molecule has 166 valence electrons. The summed E-state index contributed by atoms with van der Waals surface area (Å²) >= 11 is 0. The summed E-state index contributed by atoms with van der Waals surface area (Å²) in [4.78, 5) is 42.8. The Kier molecular flexibility index (Phi) is 7.98. The van der Waals surface area contributed by atoms with E-state index < -0.39 is 17.2 Å². The molecular weight excluding hydrogens is 392 g/mol. The quantitative estimate of drug-likeness (QED) is 0.667. The largest absolute Gasteiger partial charge is 0.352 e. The van der Waals surface area contributed by atoms with Crippen LogP contribution in [0.1, 0.15) is 84.7 Å². The van der Waals surface area contributed by atoms with Crippen LogP contribution < -0.4 is 16.1 Å². The molecule has 2 heterocycles. The predicted octanol–water partition coefficient (Wildman–Crippen LogP) is 3.25. The van der Waals surface area contributed by atoms with Crippen molar-refractivity contribution < 1.29 is 9.59 Å². The molecule has 0 unspecified atom stereocenters. The van der Waals surface area contributed by atoms with Gasteiger partial charge >= 0.3 is 0 Å². The van der Waals surface area contributed by atoms with Crippen LogP contribution in [0.3, 0.4) is 0 Å². The molecule has 2 amide bonds. The zero-order valence-corrected chi connectivity index (χ0v) is 18.4. The summed E-state index contributed by atoms with van der Waals surface area (Å²) < 4.78 is 1.75. The van der Waals surface area contributed by atoms with Gasteiger partial charge in [0.05, 0.1) is 0 Å². The van der Waals surface area contributed by atoms with Gasteiger partial charge in [0, 0.05) is 43.4 Å². The van der Waals surface area contributed by atoms with Crippen LogP contribution in [0.15, 0.2) is 41.7 Å². The lowest BCUT2D eigenvalue weighted by atomic mass is 10.1. The van der Waals surface area contributed by atoms with E-state index in [9.17, 15) is 14.4 Å². The van der Waals surface area contributed by atoms with Crippen molar-refractivity contribution in [3.05, 3.63) is 63.8 Å². The number of nitrogens with zero attached hydrogens (tertiary/aromatic N) is 2. The number of pyridine rings is 2. The SMILES string of the molecule is CC(C)n1cc(C(=O)NCCc2cccnc2)c(=O)c(C(=O)NC2CCCCCC2)c1. The zero-order valence-electron chi connectivity index (χ0n) is 18.4. The molecule has 0 spiro atoms. The van der Waals surface area contributed by atoms with Crippen LogP contribution in [-0.2, 0) is 6.42 Å². The molecule has 2 aromatic heterocycles. The lowest BCUT2D eigenvalue weighted by Gasteiger charge is -2.18. The molecule has 0 radical (unpaired) electrons. The first-order chi connectivity index (χ1) is 15.0. The summed E-state index contributed by atoms with van der Waals surface area (Å²) in [5.41, 5.74) is 0.493. The summed E-state index contributed by atoms with van der Waals surface area (Å²) in [6.45, 7) is 4.27. The molecule has 1 saturated carbocycles. The Balaban J connectivity index is 1.76. The van der Waals surface area contributed by atoms with E-state index in [0.29, 0.717) is 13.0 Å². The van der Waals surface area contributed by atoms with Crippen molar-refractivity contribution in [3.63, 3.8) is 0 Å². The fourth-order valence-corrected chi connectivity index (χ4v) is 3.87. The summed E-state index contributed by atoms with van der Waals surface area (Å²) in [5.74, 6) is -0.858. The highest BCUT2D eigenvalue weighted by molar-refractivity contribution is 5.99. The molecule has 0 aromatic carbocycles. The van der Waals surface area contributed by atoms with Gasteiger partial charge in [-0.2, -0.15) is 0 Å². The van der Waals surface area contributed by atoms with E-state index in [1.165, 1.54) is 19.0 Å². The van der Waals surface area contributed by atoms with E-state index in [1.54, 1.807) is 23.2 Å². The number of aromatic nitrogens is 2. The zero-order chi connectivity index (χ0) is 22.2. The Morgan fingerprint density at radius 3 is 2.39 bits per heavy atom. The van der Waals surface area contributed by atoms with Crippen molar-refractivity contribution in [3.8, 4) is 0 Å². The second kappa shape index (κ2) is 10.9. The fourth-order valence-electron chi connectivity index (χ4n) is 3.87. The minimum atomic E-state index is -0.526. The van der Waals surface area contributed by atoms with Gasteiger partial charge in [0.25, 0.3) is 11.8 Å².